The Kier molecular flexibility index (Phi) is 5.94. The predicted molar refractivity (Wildman–Crippen MR) is 75.2 cm³/mol. The third-order valence-electron chi connectivity index (χ3n) is 2.58. The van der Waals surface area contributed by atoms with Gasteiger partial charge in [-0.15, -0.1) is 11.8 Å². The van der Waals surface area contributed by atoms with Gasteiger partial charge < -0.3 is 9.84 Å². The van der Waals surface area contributed by atoms with Crippen molar-refractivity contribution in [1.82, 2.24) is 9.97 Å². The molecule has 7 heteroatoms. The van der Waals surface area contributed by atoms with Crippen molar-refractivity contribution in [1.29, 1.82) is 0 Å². The fourth-order valence-corrected chi connectivity index (χ4v) is 2.51. The number of rotatable bonds is 6. The van der Waals surface area contributed by atoms with Gasteiger partial charge in [0, 0.05) is 11.7 Å². The number of aryl methyl sites for hydroxylation is 1. The van der Waals surface area contributed by atoms with Crippen LogP contribution in [0.1, 0.15) is 48.1 Å². The van der Waals surface area contributed by atoms with Crippen molar-refractivity contribution in [3.8, 4) is 0 Å². The number of nitrogens with zero attached hydrogens (tertiary/aromatic N) is 2. The van der Waals surface area contributed by atoms with E-state index in [1.54, 1.807) is 6.92 Å². The van der Waals surface area contributed by atoms with Crippen molar-refractivity contribution < 1.29 is 19.4 Å². The molecular formula is C13H18N2O4S. The van der Waals surface area contributed by atoms with E-state index < -0.39 is 5.97 Å². The summed E-state index contributed by atoms with van der Waals surface area (Å²) < 4.78 is 4.55. The number of aromatic nitrogens is 2. The van der Waals surface area contributed by atoms with Crippen molar-refractivity contribution in [3.63, 3.8) is 0 Å². The van der Waals surface area contributed by atoms with Crippen LogP contribution in [0.25, 0.3) is 0 Å². The van der Waals surface area contributed by atoms with Gasteiger partial charge in [0.05, 0.1) is 19.2 Å². The number of hydrogen-bond acceptors (Lipinski definition) is 6. The van der Waals surface area contributed by atoms with Gasteiger partial charge >= 0.3 is 11.9 Å². The molecule has 1 rings (SSSR count). The molecule has 110 valence electrons. The number of carbonyl (C=O) groups excluding carboxylic acids is 1. The van der Waals surface area contributed by atoms with Crippen molar-refractivity contribution in [2.24, 2.45) is 0 Å². The summed E-state index contributed by atoms with van der Waals surface area (Å²) in [5, 5.41) is 9.65. The molecule has 20 heavy (non-hydrogen) atoms. The largest absolute Gasteiger partial charge is 0.478 e. The molecule has 0 unspecified atom stereocenters. The molecule has 1 aromatic heterocycles. The van der Waals surface area contributed by atoms with E-state index in [-0.39, 0.29) is 23.9 Å². The Balaban J connectivity index is 3.01. The SMILES string of the molecule is COC(=O)CCSc1nc(C(C)C)nc(C)c1C(=O)O. The van der Waals surface area contributed by atoms with Crippen molar-refractivity contribution in [2.45, 2.75) is 38.1 Å². The summed E-state index contributed by atoms with van der Waals surface area (Å²) in [5.74, 6) is -0.256. The molecule has 0 saturated heterocycles. The Bertz CT molecular complexity index is 517. The zero-order valence-electron chi connectivity index (χ0n) is 12.0. The van der Waals surface area contributed by atoms with E-state index in [1.807, 2.05) is 13.8 Å². The molecule has 0 radical (unpaired) electrons. The lowest BCUT2D eigenvalue weighted by Gasteiger charge is -2.11. The molecule has 0 amide bonds. The van der Waals surface area contributed by atoms with Crippen LogP contribution in [0.15, 0.2) is 5.03 Å². The van der Waals surface area contributed by atoms with Crippen LogP contribution < -0.4 is 0 Å². The average Bonchev–Trinajstić information content (AvgIpc) is 2.37. The fraction of sp³-hybridized carbons (Fsp3) is 0.538. The van der Waals surface area contributed by atoms with Gasteiger partial charge in [0.25, 0.3) is 0 Å². The summed E-state index contributed by atoms with van der Waals surface area (Å²) in [7, 11) is 1.32. The maximum Gasteiger partial charge on any atom is 0.340 e. The first-order chi connectivity index (χ1) is 9.36. The molecule has 0 aromatic carbocycles. The first kappa shape index (κ1) is 16.4. The van der Waals surface area contributed by atoms with E-state index in [0.717, 1.165) is 0 Å². The van der Waals surface area contributed by atoms with Crippen LogP contribution in [0.3, 0.4) is 0 Å². The highest BCUT2D eigenvalue weighted by atomic mass is 32.2. The summed E-state index contributed by atoms with van der Waals surface area (Å²) in [6.45, 7) is 5.54. The lowest BCUT2D eigenvalue weighted by Crippen LogP contribution is -2.11. The number of ether oxygens (including phenoxy) is 1. The molecule has 0 saturated carbocycles. The Hall–Kier alpha value is -1.63. The molecule has 0 atom stereocenters. The fourth-order valence-electron chi connectivity index (χ4n) is 1.51. The van der Waals surface area contributed by atoms with Gasteiger partial charge in [0.1, 0.15) is 16.4 Å². The number of hydrogen-bond donors (Lipinski definition) is 1. The Morgan fingerprint density at radius 3 is 2.50 bits per heavy atom. The summed E-state index contributed by atoms with van der Waals surface area (Å²) in [4.78, 5) is 30.9. The van der Waals surface area contributed by atoms with Crippen LogP contribution in [0.4, 0.5) is 0 Å². The first-order valence-corrected chi connectivity index (χ1v) is 7.16. The van der Waals surface area contributed by atoms with Crippen LogP contribution >= 0.6 is 11.8 Å². The number of carboxylic acids is 1. The highest BCUT2D eigenvalue weighted by Gasteiger charge is 2.19. The van der Waals surface area contributed by atoms with E-state index in [0.29, 0.717) is 22.3 Å². The molecule has 0 aliphatic heterocycles. The topological polar surface area (TPSA) is 89.4 Å². The third-order valence-corrected chi connectivity index (χ3v) is 3.55. The molecule has 0 spiro atoms. The van der Waals surface area contributed by atoms with Crippen LogP contribution in [-0.2, 0) is 9.53 Å². The van der Waals surface area contributed by atoms with E-state index in [4.69, 9.17) is 0 Å². The second kappa shape index (κ2) is 7.23. The number of thioether (sulfide) groups is 1. The number of methoxy groups -OCH3 is 1. The lowest BCUT2D eigenvalue weighted by atomic mass is 10.2. The van der Waals surface area contributed by atoms with E-state index in [2.05, 4.69) is 14.7 Å². The molecule has 6 nitrogen and oxygen atoms in total. The van der Waals surface area contributed by atoms with E-state index in [9.17, 15) is 14.7 Å². The second-order valence-electron chi connectivity index (χ2n) is 4.48. The third kappa shape index (κ3) is 4.19. The molecule has 0 fully saturated rings. The number of carbonyl (C=O) groups is 2. The molecule has 0 bridgehead atoms. The highest BCUT2D eigenvalue weighted by molar-refractivity contribution is 7.99. The van der Waals surface area contributed by atoms with Gasteiger partial charge in [-0.05, 0) is 6.92 Å². The van der Waals surface area contributed by atoms with Gasteiger partial charge in [-0.2, -0.15) is 0 Å². The summed E-state index contributed by atoms with van der Waals surface area (Å²) >= 11 is 1.23. The van der Waals surface area contributed by atoms with Crippen LogP contribution in [0.2, 0.25) is 0 Å². The van der Waals surface area contributed by atoms with Crippen LogP contribution in [0, 0.1) is 6.92 Å². The molecular weight excluding hydrogens is 280 g/mol. The monoisotopic (exact) mass is 298 g/mol. The van der Waals surface area contributed by atoms with Gasteiger partial charge in [0.2, 0.25) is 0 Å². The standard InChI is InChI=1S/C13H18N2O4S/c1-7(2)11-14-8(3)10(13(17)18)12(15-11)20-6-5-9(16)19-4/h7H,5-6H2,1-4H3,(H,17,18). The quantitative estimate of drug-likeness (QED) is 0.489. The molecule has 0 aliphatic carbocycles. The second-order valence-corrected chi connectivity index (χ2v) is 5.57. The summed E-state index contributed by atoms with van der Waals surface area (Å²) in [6, 6.07) is 0. The molecule has 1 N–H and O–H groups in total. The minimum atomic E-state index is -1.06. The maximum absolute atomic E-state index is 11.3. The molecule has 1 aromatic rings. The normalized spacial score (nSPS) is 10.7. The highest BCUT2D eigenvalue weighted by Crippen LogP contribution is 2.25. The maximum atomic E-state index is 11.3. The van der Waals surface area contributed by atoms with Gasteiger partial charge in [0.15, 0.2) is 0 Å². The van der Waals surface area contributed by atoms with E-state index in [1.165, 1.54) is 18.9 Å². The van der Waals surface area contributed by atoms with Gasteiger partial charge in [-0.25, -0.2) is 14.8 Å². The number of carboxylic acid groups (broad SMARTS) is 1. The van der Waals surface area contributed by atoms with Crippen LogP contribution in [0.5, 0.6) is 0 Å². The minimum absolute atomic E-state index is 0.101. The van der Waals surface area contributed by atoms with Gasteiger partial charge in [-0.3, -0.25) is 4.79 Å². The first-order valence-electron chi connectivity index (χ1n) is 6.18. The summed E-state index contributed by atoms with van der Waals surface area (Å²) in [6.07, 6.45) is 0.209. The molecule has 0 aliphatic rings. The zero-order chi connectivity index (χ0) is 15.3. The van der Waals surface area contributed by atoms with Crippen molar-refractivity contribution in [2.75, 3.05) is 12.9 Å². The number of esters is 1. The molecule has 1 heterocycles. The summed E-state index contributed by atoms with van der Waals surface area (Å²) in [5.41, 5.74) is 0.543. The van der Waals surface area contributed by atoms with Crippen molar-refractivity contribution >= 4 is 23.7 Å². The Morgan fingerprint density at radius 1 is 1.35 bits per heavy atom. The lowest BCUT2D eigenvalue weighted by molar-refractivity contribution is -0.140. The van der Waals surface area contributed by atoms with Gasteiger partial charge in [-0.1, -0.05) is 13.8 Å². The average molecular weight is 298 g/mol. The predicted octanol–water partition coefficient (Wildman–Crippen LogP) is 2.26. The van der Waals surface area contributed by atoms with Crippen LogP contribution in [-0.4, -0.2) is 39.9 Å². The van der Waals surface area contributed by atoms with Crippen molar-refractivity contribution in [3.05, 3.63) is 17.1 Å². The Morgan fingerprint density at radius 2 is 2.00 bits per heavy atom. The van der Waals surface area contributed by atoms with E-state index >= 15 is 0 Å². The number of aromatic carboxylic acids is 1. The minimum Gasteiger partial charge on any atom is -0.478 e. The zero-order valence-corrected chi connectivity index (χ0v) is 12.8. The Labute approximate surface area is 122 Å². The smallest absolute Gasteiger partial charge is 0.340 e.